The van der Waals surface area contributed by atoms with Crippen LogP contribution in [0.25, 0.3) is 0 Å². The van der Waals surface area contributed by atoms with Gasteiger partial charge in [0.25, 0.3) is 0 Å². The van der Waals surface area contributed by atoms with Gasteiger partial charge in [-0.2, -0.15) is 0 Å². The molecule has 0 spiro atoms. The lowest BCUT2D eigenvalue weighted by molar-refractivity contribution is 0.287. The van der Waals surface area contributed by atoms with E-state index in [1.165, 1.54) is 33.4 Å². The van der Waals surface area contributed by atoms with Crippen molar-refractivity contribution >= 4 is 0 Å². The van der Waals surface area contributed by atoms with E-state index in [9.17, 15) is 0 Å². The first-order chi connectivity index (χ1) is 11.4. The van der Waals surface area contributed by atoms with Gasteiger partial charge in [-0.15, -0.1) is 0 Å². The van der Waals surface area contributed by atoms with Crippen molar-refractivity contribution in [3.8, 4) is 0 Å². The topological polar surface area (TPSA) is 13.0 Å². The summed E-state index contributed by atoms with van der Waals surface area (Å²) in [6, 6.07) is 0. The van der Waals surface area contributed by atoms with Gasteiger partial charge in [0, 0.05) is 52.0 Å². The minimum atomic E-state index is 0.976. The Morgan fingerprint density at radius 3 is 1.21 bits per heavy atom. The predicted octanol–water partition coefficient (Wildman–Crippen LogP) is 3.27. The third-order valence-electron chi connectivity index (χ3n) is 5.53. The molecule has 2 aliphatic heterocycles. The molecule has 2 heterocycles. The number of benzene rings is 1. The molecular weight excluding hydrogens is 296 g/mol. The van der Waals surface area contributed by atoms with E-state index >= 15 is 0 Å². The molecule has 0 atom stereocenters. The summed E-state index contributed by atoms with van der Waals surface area (Å²) in [5.74, 6) is 0. The number of hydrogen-bond donors (Lipinski definition) is 0. The first-order valence-corrected chi connectivity index (χ1v) is 8.70. The second-order valence-electron chi connectivity index (χ2n) is 7.34. The van der Waals surface area contributed by atoms with E-state index in [-0.39, 0.29) is 0 Å². The molecule has 4 nitrogen and oxygen atoms in total. The molecule has 1 aromatic carbocycles. The highest BCUT2D eigenvalue weighted by molar-refractivity contribution is 5.50. The molecule has 2 aliphatic rings. The third kappa shape index (κ3) is 3.10. The number of hydrogen-bond acceptors (Lipinski definition) is 4. The molecule has 0 saturated heterocycles. The second kappa shape index (κ2) is 6.42. The van der Waals surface area contributed by atoms with E-state index < -0.39 is 0 Å². The average molecular weight is 326 g/mol. The van der Waals surface area contributed by atoms with Crippen molar-refractivity contribution in [2.75, 3.05) is 27.4 Å². The van der Waals surface area contributed by atoms with E-state index in [4.69, 9.17) is 0 Å². The zero-order valence-electron chi connectivity index (χ0n) is 15.9. The zero-order chi connectivity index (χ0) is 17.4. The van der Waals surface area contributed by atoms with Gasteiger partial charge < -0.3 is 19.6 Å². The largest absolute Gasteiger partial charge is 0.362 e. The Morgan fingerprint density at radius 2 is 0.958 bits per heavy atom. The molecule has 0 aliphatic carbocycles. The van der Waals surface area contributed by atoms with Crippen LogP contribution in [0, 0.1) is 27.7 Å². The van der Waals surface area contributed by atoms with Gasteiger partial charge in [-0.3, -0.25) is 0 Å². The van der Waals surface area contributed by atoms with Gasteiger partial charge in [-0.25, -0.2) is 0 Å². The molecule has 0 aromatic heterocycles. The molecule has 1 aromatic rings. The predicted molar refractivity (Wildman–Crippen MR) is 100 cm³/mol. The molecule has 3 rings (SSSR count). The molecular formula is C20H30N4. The Bertz CT molecular complexity index is 601. The fraction of sp³-hybridized carbons (Fsp3) is 0.500. The van der Waals surface area contributed by atoms with Crippen LogP contribution in [-0.2, 0) is 13.1 Å². The maximum atomic E-state index is 2.38. The molecule has 0 N–H and O–H groups in total. The van der Waals surface area contributed by atoms with Crippen LogP contribution in [0.4, 0.5) is 0 Å². The Balaban J connectivity index is 1.87. The molecule has 0 unspecified atom stereocenters. The van der Waals surface area contributed by atoms with E-state index in [2.05, 4.69) is 86.2 Å². The summed E-state index contributed by atoms with van der Waals surface area (Å²) >= 11 is 0. The minimum absolute atomic E-state index is 0.976. The normalized spacial score (nSPS) is 16.9. The Morgan fingerprint density at radius 1 is 0.625 bits per heavy atom. The van der Waals surface area contributed by atoms with Crippen molar-refractivity contribution in [1.82, 2.24) is 19.6 Å². The Kier molecular flexibility index (Phi) is 4.48. The fourth-order valence-electron chi connectivity index (χ4n) is 3.73. The smallest absolute Gasteiger partial charge is 0.0894 e. The standard InChI is InChI=1S/C20H30N4/c1-15-16(2)20(12-24-10-8-22(6)14-24)18(4)17(3)19(15)11-23-9-7-21(5)13-23/h7-10H,11-14H2,1-6H3. The SMILES string of the molecule is Cc1c(C)c(CN2C=CN(C)C2)c(C)c(C)c1CN1C=CN(C)C1. The summed E-state index contributed by atoms with van der Waals surface area (Å²) in [6.07, 6.45) is 8.69. The van der Waals surface area contributed by atoms with Gasteiger partial charge in [0.15, 0.2) is 0 Å². The summed E-state index contributed by atoms with van der Waals surface area (Å²) in [6.45, 7) is 13.1. The maximum Gasteiger partial charge on any atom is 0.0894 e. The van der Waals surface area contributed by atoms with Crippen molar-refractivity contribution < 1.29 is 0 Å². The van der Waals surface area contributed by atoms with Crippen LogP contribution >= 0.6 is 0 Å². The summed E-state index contributed by atoms with van der Waals surface area (Å²) in [5.41, 5.74) is 8.78. The molecule has 0 fully saturated rings. The van der Waals surface area contributed by atoms with Crippen LogP contribution in [0.15, 0.2) is 24.8 Å². The lowest BCUT2D eigenvalue weighted by Crippen LogP contribution is -2.25. The fourth-order valence-corrected chi connectivity index (χ4v) is 3.73. The quantitative estimate of drug-likeness (QED) is 0.842. The molecule has 24 heavy (non-hydrogen) atoms. The van der Waals surface area contributed by atoms with Crippen LogP contribution in [0.3, 0.4) is 0 Å². The molecule has 0 saturated carbocycles. The van der Waals surface area contributed by atoms with Crippen molar-refractivity contribution in [2.24, 2.45) is 0 Å². The van der Waals surface area contributed by atoms with E-state index in [1.807, 2.05) is 0 Å². The van der Waals surface area contributed by atoms with Crippen LogP contribution in [-0.4, -0.2) is 47.0 Å². The third-order valence-corrected chi connectivity index (χ3v) is 5.53. The van der Waals surface area contributed by atoms with Crippen LogP contribution in [0.2, 0.25) is 0 Å². The Labute approximate surface area is 146 Å². The van der Waals surface area contributed by atoms with Gasteiger partial charge in [-0.1, -0.05) is 0 Å². The van der Waals surface area contributed by atoms with Gasteiger partial charge in [0.05, 0.1) is 13.3 Å². The van der Waals surface area contributed by atoms with Gasteiger partial charge >= 0.3 is 0 Å². The first-order valence-electron chi connectivity index (χ1n) is 8.70. The van der Waals surface area contributed by atoms with Gasteiger partial charge in [0.1, 0.15) is 0 Å². The number of nitrogens with zero attached hydrogens (tertiary/aromatic N) is 4. The summed E-state index contributed by atoms with van der Waals surface area (Å²) in [7, 11) is 4.24. The van der Waals surface area contributed by atoms with Crippen molar-refractivity contribution in [2.45, 2.75) is 40.8 Å². The second-order valence-corrected chi connectivity index (χ2v) is 7.34. The number of rotatable bonds is 4. The molecule has 0 amide bonds. The lowest BCUT2D eigenvalue weighted by atomic mass is 9.88. The van der Waals surface area contributed by atoms with Gasteiger partial charge in [-0.05, 0) is 61.1 Å². The van der Waals surface area contributed by atoms with Crippen molar-refractivity contribution in [3.05, 3.63) is 58.2 Å². The molecule has 4 heteroatoms. The lowest BCUT2D eigenvalue weighted by Gasteiger charge is -2.27. The van der Waals surface area contributed by atoms with E-state index in [0.717, 1.165) is 26.4 Å². The summed E-state index contributed by atoms with van der Waals surface area (Å²) < 4.78 is 0. The highest BCUT2D eigenvalue weighted by Crippen LogP contribution is 2.29. The minimum Gasteiger partial charge on any atom is -0.362 e. The summed E-state index contributed by atoms with van der Waals surface area (Å²) in [4.78, 5) is 9.20. The van der Waals surface area contributed by atoms with Crippen molar-refractivity contribution in [3.63, 3.8) is 0 Å². The summed E-state index contributed by atoms with van der Waals surface area (Å²) in [5, 5.41) is 0. The van der Waals surface area contributed by atoms with Crippen LogP contribution < -0.4 is 0 Å². The first kappa shape index (κ1) is 16.7. The van der Waals surface area contributed by atoms with E-state index in [1.54, 1.807) is 0 Å². The molecule has 0 bridgehead atoms. The van der Waals surface area contributed by atoms with Gasteiger partial charge in [0.2, 0.25) is 0 Å². The molecule has 0 radical (unpaired) electrons. The Hall–Kier alpha value is -2.10. The zero-order valence-corrected chi connectivity index (χ0v) is 15.9. The van der Waals surface area contributed by atoms with Crippen molar-refractivity contribution in [1.29, 1.82) is 0 Å². The molecule has 130 valence electrons. The van der Waals surface area contributed by atoms with E-state index in [0.29, 0.717) is 0 Å². The van der Waals surface area contributed by atoms with Crippen LogP contribution in [0.1, 0.15) is 33.4 Å². The highest BCUT2D eigenvalue weighted by atomic mass is 15.3. The van der Waals surface area contributed by atoms with Crippen LogP contribution in [0.5, 0.6) is 0 Å². The average Bonchev–Trinajstić information content (AvgIpc) is 3.14. The highest BCUT2D eigenvalue weighted by Gasteiger charge is 2.19. The monoisotopic (exact) mass is 326 g/mol. The maximum absolute atomic E-state index is 2.38.